The highest BCUT2D eigenvalue weighted by atomic mass is 16.5. The fourth-order valence-corrected chi connectivity index (χ4v) is 1.94. The third kappa shape index (κ3) is 5.27. The summed E-state index contributed by atoms with van der Waals surface area (Å²) in [5.74, 6) is 1.35. The Bertz CT molecular complexity index is 517. The third-order valence-corrected chi connectivity index (χ3v) is 3.23. The summed E-state index contributed by atoms with van der Waals surface area (Å²) >= 11 is 0. The molecule has 2 N–H and O–H groups in total. The Balaban J connectivity index is 1.81. The lowest BCUT2D eigenvalue weighted by Gasteiger charge is -2.14. The van der Waals surface area contributed by atoms with Crippen molar-refractivity contribution in [3.63, 3.8) is 0 Å². The number of benzene rings is 1. The Morgan fingerprint density at radius 1 is 1.45 bits per heavy atom. The van der Waals surface area contributed by atoms with Crippen LogP contribution in [-0.4, -0.2) is 31.7 Å². The van der Waals surface area contributed by atoms with Gasteiger partial charge in [0.1, 0.15) is 18.5 Å². The van der Waals surface area contributed by atoms with Crippen LogP contribution in [0.3, 0.4) is 0 Å². The smallest absolute Gasteiger partial charge is 0.409 e. The molecule has 1 aliphatic heterocycles. The fourth-order valence-electron chi connectivity index (χ4n) is 1.94. The number of hydrogen-bond donors (Lipinski definition) is 2. The minimum absolute atomic E-state index is 0.174. The number of ether oxygens (including phenoxy) is 2. The van der Waals surface area contributed by atoms with Crippen LogP contribution in [0.2, 0.25) is 0 Å². The zero-order chi connectivity index (χ0) is 15.8. The zero-order valence-corrected chi connectivity index (χ0v) is 13.0. The quantitative estimate of drug-likeness (QED) is 0.811. The average Bonchev–Trinajstić information content (AvgIpc) is 2.99. The number of nitrogens with one attached hydrogen (secondary N) is 2. The van der Waals surface area contributed by atoms with Crippen molar-refractivity contribution in [2.45, 2.75) is 33.0 Å². The second kappa shape index (κ2) is 8.26. The number of amides is 1. The van der Waals surface area contributed by atoms with Crippen LogP contribution in [0.25, 0.3) is 0 Å². The number of rotatable bonds is 7. The molecule has 1 aliphatic rings. The molecular formula is C16H23N3O3. The molecule has 1 unspecified atom stereocenters. The van der Waals surface area contributed by atoms with Gasteiger partial charge in [0, 0.05) is 5.56 Å². The summed E-state index contributed by atoms with van der Waals surface area (Å²) in [5, 5.41) is 5.58. The largest absolute Gasteiger partial charge is 0.493 e. The minimum Gasteiger partial charge on any atom is -0.493 e. The monoisotopic (exact) mass is 305 g/mol. The van der Waals surface area contributed by atoms with Crippen LogP contribution in [0.15, 0.2) is 29.3 Å². The Morgan fingerprint density at radius 2 is 2.27 bits per heavy atom. The molecule has 120 valence electrons. The topological polar surface area (TPSA) is 72.0 Å². The first kappa shape index (κ1) is 16.1. The summed E-state index contributed by atoms with van der Waals surface area (Å²) in [6.07, 6.45) is 1.82. The standard InChI is InChI=1S/C16H23N3O3/c1-12(2)7-8-21-14-6-4-3-5-13(14)10-22-16(20)19-15-9-17-11-18-15/h3-6,11-12,15H,7-10H2,1-2H3,(H,17,18)(H,19,20). The first-order valence-corrected chi connectivity index (χ1v) is 7.54. The lowest BCUT2D eigenvalue weighted by molar-refractivity contribution is 0.135. The van der Waals surface area contributed by atoms with E-state index in [-0.39, 0.29) is 12.8 Å². The van der Waals surface area contributed by atoms with Gasteiger partial charge in [-0.3, -0.25) is 5.32 Å². The normalized spacial score (nSPS) is 16.4. The molecule has 0 radical (unpaired) electrons. The van der Waals surface area contributed by atoms with Crippen molar-refractivity contribution >= 4 is 12.4 Å². The predicted molar refractivity (Wildman–Crippen MR) is 85.0 cm³/mol. The zero-order valence-electron chi connectivity index (χ0n) is 13.0. The van der Waals surface area contributed by atoms with Crippen molar-refractivity contribution in [3.05, 3.63) is 29.8 Å². The molecule has 1 heterocycles. The van der Waals surface area contributed by atoms with Crippen molar-refractivity contribution in [3.8, 4) is 5.75 Å². The lowest BCUT2D eigenvalue weighted by Crippen LogP contribution is -2.36. The van der Waals surface area contributed by atoms with Gasteiger partial charge in [0.2, 0.25) is 0 Å². The minimum atomic E-state index is -0.483. The van der Waals surface area contributed by atoms with Gasteiger partial charge in [-0.25, -0.2) is 9.79 Å². The van der Waals surface area contributed by atoms with Gasteiger partial charge < -0.3 is 14.8 Å². The van der Waals surface area contributed by atoms with E-state index in [0.29, 0.717) is 19.1 Å². The second-order valence-electron chi connectivity index (χ2n) is 5.56. The molecule has 0 saturated heterocycles. The van der Waals surface area contributed by atoms with Gasteiger partial charge >= 0.3 is 6.09 Å². The van der Waals surface area contributed by atoms with E-state index in [1.807, 2.05) is 24.3 Å². The van der Waals surface area contributed by atoms with Gasteiger partial charge in [-0.05, 0) is 18.4 Å². The maximum Gasteiger partial charge on any atom is 0.409 e. The molecule has 1 aromatic carbocycles. The van der Waals surface area contributed by atoms with E-state index in [1.54, 1.807) is 6.34 Å². The van der Waals surface area contributed by atoms with Crippen molar-refractivity contribution in [2.75, 3.05) is 13.2 Å². The van der Waals surface area contributed by atoms with Crippen LogP contribution in [0.4, 0.5) is 4.79 Å². The molecule has 6 nitrogen and oxygen atoms in total. The Morgan fingerprint density at radius 3 is 3.00 bits per heavy atom. The first-order chi connectivity index (χ1) is 10.6. The molecule has 1 atom stereocenters. The van der Waals surface area contributed by atoms with Gasteiger partial charge in [0.25, 0.3) is 0 Å². The highest BCUT2D eigenvalue weighted by molar-refractivity contribution is 5.69. The van der Waals surface area contributed by atoms with Crippen LogP contribution in [0.5, 0.6) is 5.75 Å². The summed E-state index contributed by atoms with van der Waals surface area (Å²) in [6.45, 7) is 5.73. The molecule has 2 rings (SSSR count). The maximum atomic E-state index is 11.7. The van der Waals surface area contributed by atoms with Crippen LogP contribution >= 0.6 is 0 Å². The lowest BCUT2D eigenvalue weighted by atomic mass is 10.1. The van der Waals surface area contributed by atoms with Crippen molar-refractivity contribution in [1.29, 1.82) is 0 Å². The summed E-state index contributed by atoms with van der Waals surface area (Å²) in [7, 11) is 0. The molecule has 0 spiro atoms. The molecule has 1 aromatic rings. The molecule has 0 aliphatic carbocycles. The molecule has 6 heteroatoms. The number of aliphatic imine (C=N–C) groups is 1. The number of carbonyl (C=O) groups is 1. The number of hydrogen-bond acceptors (Lipinski definition) is 5. The summed E-state index contributed by atoms with van der Waals surface area (Å²) in [6, 6.07) is 7.60. The molecular weight excluding hydrogens is 282 g/mol. The van der Waals surface area contributed by atoms with E-state index < -0.39 is 6.09 Å². The maximum absolute atomic E-state index is 11.7. The summed E-state index contributed by atoms with van der Waals surface area (Å²) in [5.41, 5.74) is 0.856. The Labute approximate surface area is 130 Å². The van der Waals surface area contributed by atoms with Crippen LogP contribution in [0, 0.1) is 5.92 Å². The predicted octanol–water partition coefficient (Wildman–Crippen LogP) is 2.30. The highest BCUT2D eigenvalue weighted by Crippen LogP contribution is 2.19. The Hall–Kier alpha value is -2.24. The Kier molecular flexibility index (Phi) is 6.06. The molecule has 0 bridgehead atoms. The van der Waals surface area contributed by atoms with E-state index in [4.69, 9.17) is 9.47 Å². The molecule has 0 saturated carbocycles. The van der Waals surface area contributed by atoms with E-state index in [9.17, 15) is 4.79 Å². The molecule has 0 aromatic heterocycles. The average molecular weight is 305 g/mol. The SMILES string of the molecule is CC(C)CCOc1ccccc1COC(=O)NC1CNC=N1. The third-order valence-electron chi connectivity index (χ3n) is 3.23. The van der Waals surface area contributed by atoms with Crippen molar-refractivity contribution in [1.82, 2.24) is 10.6 Å². The number of alkyl carbamates (subject to hydrolysis) is 1. The van der Waals surface area contributed by atoms with Crippen molar-refractivity contribution in [2.24, 2.45) is 10.9 Å². The van der Waals surface area contributed by atoms with E-state index in [0.717, 1.165) is 17.7 Å². The van der Waals surface area contributed by atoms with E-state index in [2.05, 4.69) is 29.5 Å². The van der Waals surface area contributed by atoms with Gasteiger partial charge in [0.15, 0.2) is 0 Å². The van der Waals surface area contributed by atoms with E-state index in [1.165, 1.54) is 0 Å². The van der Waals surface area contributed by atoms with Crippen LogP contribution in [0.1, 0.15) is 25.8 Å². The van der Waals surface area contributed by atoms with Gasteiger partial charge in [-0.1, -0.05) is 32.0 Å². The van der Waals surface area contributed by atoms with Crippen molar-refractivity contribution < 1.29 is 14.3 Å². The van der Waals surface area contributed by atoms with Gasteiger partial charge in [-0.2, -0.15) is 0 Å². The molecule has 1 amide bonds. The van der Waals surface area contributed by atoms with Gasteiger partial charge in [-0.15, -0.1) is 0 Å². The number of nitrogens with zero attached hydrogens (tertiary/aromatic N) is 1. The van der Waals surface area contributed by atoms with Gasteiger partial charge in [0.05, 0.1) is 19.5 Å². The fraction of sp³-hybridized carbons (Fsp3) is 0.500. The summed E-state index contributed by atoms with van der Waals surface area (Å²) < 4.78 is 11.0. The highest BCUT2D eigenvalue weighted by Gasteiger charge is 2.14. The van der Waals surface area contributed by atoms with E-state index >= 15 is 0 Å². The summed E-state index contributed by atoms with van der Waals surface area (Å²) in [4.78, 5) is 15.7. The van der Waals surface area contributed by atoms with Crippen LogP contribution < -0.4 is 15.4 Å². The molecule has 22 heavy (non-hydrogen) atoms. The number of carbonyl (C=O) groups excluding carboxylic acids is 1. The molecule has 0 fully saturated rings. The first-order valence-electron chi connectivity index (χ1n) is 7.54. The second-order valence-corrected chi connectivity index (χ2v) is 5.56. The van der Waals surface area contributed by atoms with Crippen LogP contribution in [-0.2, 0) is 11.3 Å². The number of para-hydroxylation sites is 1.